The molecule has 4 fully saturated rings. The molecule has 0 radical (unpaired) electrons. The van der Waals surface area contributed by atoms with E-state index in [1.165, 1.54) is 360 Å². The van der Waals surface area contributed by atoms with Crippen LogP contribution in [0.1, 0.15) is 404 Å². The number of rotatable bonds is 53. The van der Waals surface area contributed by atoms with Gasteiger partial charge in [0.15, 0.2) is 0 Å². The van der Waals surface area contributed by atoms with E-state index in [0.717, 1.165) is 136 Å². The second-order valence-corrected chi connectivity index (χ2v) is 37.5. The first-order valence-electron chi connectivity index (χ1n) is 49.4. The largest absolute Gasteiger partial charge is 0.494 e. The number of ether oxygens (including phenoxy) is 4. The van der Waals surface area contributed by atoms with Crippen LogP contribution in [0.5, 0.6) is 23.0 Å². The third-order valence-electron chi connectivity index (χ3n) is 28.7. The second kappa shape index (κ2) is 50.5. The van der Waals surface area contributed by atoms with Gasteiger partial charge in [0.25, 0.3) is 0 Å². The highest BCUT2D eigenvalue weighted by molar-refractivity contribution is 6.08. The lowest BCUT2D eigenvalue weighted by molar-refractivity contribution is 0.299. The molecule has 116 heavy (non-hydrogen) atoms. The quantitative estimate of drug-likeness (QED) is 0.0356. The summed E-state index contributed by atoms with van der Waals surface area (Å²) in [7, 11) is 0. The molecular weight excluding hydrogens is 1410 g/mol. The maximum Gasteiger partial charge on any atom is 0.119 e. The Labute approximate surface area is 707 Å². The molecule has 0 N–H and O–H groups in total. The molecule has 0 amide bonds. The molecular formula is C112H158O4. The Balaban J connectivity index is 0.680. The zero-order chi connectivity index (χ0) is 79.8. The van der Waals surface area contributed by atoms with Gasteiger partial charge in [-0.25, -0.2) is 0 Å². The molecule has 4 saturated carbocycles. The van der Waals surface area contributed by atoms with Gasteiger partial charge in [-0.15, -0.1) is 0 Å². The first-order valence-corrected chi connectivity index (χ1v) is 49.4. The first kappa shape index (κ1) is 88.8. The van der Waals surface area contributed by atoms with Crippen LogP contribution in [0.3, 0.4) is 0 Å². The van der Waals surface area contributed by atoms with Gasteiger partial charge in [-0.2, -0.15) is 0 Å². The Morgan fingerprint density at radius 2 is 0.474 bits per heavy atom. The Morgan fingerprint density at radius 1 is 0.224 bits per heavy atom. The van der Waals surface area contributed by atoms with Crippen molar-refractivity contribution in [1.82, 2.24) is 0 Å². The summed E-state index contributed by atoms with van der Waals surface area (Å²) in [5.74, 6) is 10.8. The predicted octanol–water partition coefficient (Wildman–Crippen LogP) is 33.8. The minimum atomic E-state index is 0.712. The fourth-order valence-electron chi connectivity index (χ4n) is 21.3. The van der Waals surface area contributed by atoms with Crippen molar-refractivity contribution in [2.24, 2.45) is 23.7 Å². The van der Waals surface area contributed by atoms with Gasteiger partial charge in [-0.1, -0.05) is 291 Å². The van der Waals surface area contributed by atoms with Crippen molar-refractivity contribution in [2.75, 3.05) is 26.4 Å². The van der Waals surface area contributed by atoms with Crippen molar-refractivity contribution >= 4 is 21.5 Å². The summed E-state index contributed by atoms with van der Waals surface area (Å²) in [5, 5.41) is 5.58. The minimum Gasteiger partial charge on any atom is -0.494 e. The molecule has 8 aromatic carbocycles. The highest BCUT2D eigenvalue weighted by atomic mass is 16.5. The molecule has 0 bridgehead atoms. The van der Waals surface area contributed by atoms with Gasteiger partial charge in [0.05, 0.1) is 26.4 Å². The van der Waals surface area contributed by atoms with Crippen molar-refractivity contribution in [3.63, 3.8) is 0 Å². The predicted molar refractivity (Wildman–Crippen MR) is 499 cm³/mol. The van der Waals surface area contributed by atoms with Crippen LogP contribution in [0.2, 0.25) is 0 Å². The molecule has 0 heterocycles. The Hall–Kier alpha value is -6.52. The highest BCUT2D eigenvalue weighted by Crippen LogP contribution is 2.45. The minimum absolute atomic E-state index is 0.712. The summed E-state index contributed by atoms with van der Waals surface area (Å²) < 4.78 is 25.6. The molecule has 630 valence electrons. The van der Waals surface area contributed by atoms with E-state index >= 15 is 0 Å². The molecule has 4 aliphatic carbocycles. The summed E-state index contributed by atoms with van der Waals surface area (Å²) in [5.41, 5.74) is 14.9. The van der Waals surface area contributed by atoms with Gasteiger partial charge in [0.2, 0.25) is 0 Å². The van der Waals surface area contributed by atoms with Crippen LogP contribution in [0.15, 0.2) is 158 Å². The molecule has 0 saturated heterocycles. The van der Waals surface area contributed by atoms with Gasteiger partial charge in [-0.05, 0) is 353 Å². The van der Waals surface area contributed by atoms with E-state index in [4.69, 9.17) is 18.9 Å². The summed E-state index contributed by atoms with van der Waals surface area (Å²) in [6.07, 6.45) is 67.3. The van der Waals surface area contributed by atoms with Crippen molar-refractivity contribution in [1.29, 1.82) is 0 Å². The van der Waals surface area contributed by atoms with Crippen molar-refractivity contribution in [3.8, 4) is 34.1 Å². The first-order chi connectivity index (χ1) is 57.4. The summed E-state index contributed by atoms with van der Waals surface area (Å²) >= 11 is 0. The smallest absolute Gasteiger partial charge is 0.119 e. The Kier molecular flexibility index (Phi) is 38.7. The number of fused-ring (bicyclic) bond motifs is 2. The summed E-state index contributed by atoms with van der Waals surface area (Å²) in [6.45, 7) is 12.4. The van der Waals surface area contributed by atoms with E-state index in [1.54, 1.807) is 0 Å². The Morgan fingerprint density at radius 3 is 0.733 bits per heavy atom. The van der Waals surface area contributed by atoms with Gasteiger partial charge >= 0.3 is 0 Å². The van der Waals surface area contributed by atoms with Gasteiger partial charge < -0.3 is 18.9 Å². The topological polar surface area (TPSA) is 36.9 Å². The highest BCUT2D eigenvalue weighted by Gasteiger charge is 2.27. The lowest BCUT2D eigenvalue weighted by atomic mass is 9.77. The van der Waals surface area contributed by atoms with Gasteiger partial charge in [0, 0.05) is 0 Å². The maximum absolute atomic E-state index is 6.45. The van der Waals surface area contributed by atoms with Crippen LogP contribution >= 0.6 is 0 Å². The van der Waals surface area contributed by atoms with Gasteiger partial charge in [-0.3, -0.25) is 0 Å². The van der Waals surface area contributed by atoms with E-state index in [2.05, 4.69) is 185 Å². The van der Waals surface area contributed by atoms with Gasteiger partial charge in [0.1, 0.15) is 23.0 Å². The SMILES string of the molecule is CCCCCC1CCC(c2ccc(OCCCCCCc3ccc4c(-c5c(CCCCCCOc6ccc(C7CCC(CCCCC)CC7)cc6)ccc6cc(CCCCCCOc7ccc(C8CCC(CCCCC)CC8)cc7)ccc56)c(CCCCCCOc5ccc(C6CCC(CCCCC)CC6)cc5)ccc4c3)cc2)CC1. The molecule has 4 heteroatoms. The van der Waals surface area contributed by atoms with Crippen LogP contribution in [-0.2, 0) is 25.7 Å². The number of unbranched alkanes of at least 4 members (excludes halogenated alkanes) is 20. The standard InChI is InChI=1S/C112H158O4/c1-5-9-21-33-87-41-51-93(52-42-87)97-63-71-105(72-64-97)113-81-29-17-13-25-37-91-49-79-109-103(85-91)61-59-101(39-27-15-19-31-83-115-107-75-67-99(68-76-107)95-55-45-89(46-56-95)35-23-11-7-3)111(109)112-102(40-28-16-20-32-84-116-108-77-69-100(70-78-108)96-57-47-90(48-58-96)36-24-12-8-4)60-62-104-86-92(50-80-110(104)112)38-26-14-18-30-82-114-106-73-65-98(66-74-106)94-53-43-88(44-54-94)34-22-10-6-2/h49-50,59-80,85-90,93-96H,5-48,51-58,81-84H2,1-4H3. The number of hydrogen-bond donors (Lipinski definition) is 0. The summed E-state index contributed by atoms with van der Waals surface area (Å²) in [4.78, 5) is 0. The average Bonchev–Trinajstić information content (AvgIpc) is 0.747. The monoisotopic (exact) mass is 1570 g/mol. The van der Waals surface area contributed by atoms with E-state index in [0.29, 0.717) is 11.8 Å². The fraction of sp³-hybridized carbons (Fsp3) is 0.607. The van der Waals surface area contributed by atoms with Crippen molar-refractivity contribution in [2.45, 2.75) is 385 Å². The van der Waals surface area contributed by atoms with E-state index < -0.39 is 0 Å². The van der Waals surface area contributed by atoms with E-state index in [-0.39, 0.29) is 0 Å². The molecule has 0 aromatic heterocycles. The third kappa shape index (κ3) is 28.9. The van der Waals surface area contributed by atoms with Crippen molar-refractivity contribution in [3.05, 3.63) is 202 Å². The third-order valence-corrected chi connectivity index (χ3v) is 28.7. The fourth-order valence-corrected chi connectivity index (χ4v) is 21.3. The van der Waals surface area contributed by atoms with Crippen LogP contribution < -0.4 is 18.9 Å². The molecule has 0 spiro atoms. The zero-order valence-corrected chi connectivity index (χ0v) is 73.9. The average molecular weight is 1570 g/mol. The lowest BCUT2D eigenvalue weighted by Gasteiger charge is -2.29. The molecule has 4 aliphatic rings. The molecule has 4 nitrogen and oxygen atoms in total. The van der Waals surface area contributed by atoms with Crippen LogP contribution in [-0.4, -0.2) is 26.4 Å². The zero-order valence-electron chi connectivity index (χ0n) is 73.9. The molecule has 0 aliphatic heterocycles. The van der Waals surface area contributed by atoms with E-state index in [9.17, 15) is 0 Å². The lowest BCUT2D eigenvalue weighted by Crippen LogP contribution is -2.13. The summed E-state index contributed by atoms with van der Waals surface area (Å²) in [6, 6.07) is 62.0. The van der Waals surface area contributed by atoms with Crippen LogP contribution in [0, 0.1) is 23.7 Å². The second-order valence-electron chi connectivity index (χ2n) is 37.5. The number of aryl methyl sites for hydroxylation is 4. The van der Waals surface area contributed by atoms with Crippen LogP contribution in [0.4, 0.5) is 0 Å². The Bertz CT molecular complexity index is 3700. The molecule has 8 aromatic rings. The van der Waals surface area contributed by atoms with Crippen LogP contribution in [0.25, 0.3) is 32.7 Å². The number of benzene rings is 8. The number of hydrogen-bond acceptors (Lipinski definition) is 4. The molecule has 0 unspecified atom stereocenters. The maximum atomic E-state index is 6.45. The molecule has 12 rings (SSSR count). The van der Waals surface area contributed by atoms with Crippen molar-refractivity contribution < 1.29 is 18.9 Å². The van der Waals surface area contributed by atoms with E-state index in [1.807, 2.05) is 0 Å². The molecule has 0 atom stereocenters. The normalized spacial score (nSPS) is 19.9.